The Morgan fingerprint density at radius 2 is 2.16 bits per heavy atom. The van der Waals surface area contributed by atoms with Gasteiger partial charge in [-0.1, -0.05) is 35.5 Å². The van der Waals surface area contributed by atoms with Crippen molar-refractivity contribution in [2.45, 2.75) is 25.5 Å². The normalized spacial score (nSPS) is 10.8. The first-order valence-corrected chi connectivity index (χ1v) is 9.66. The average molecular weight is 374 g/mol. The third-order valence-corrected chi connectivity index (χ3v) is 5.51. The molecule has 0 unspecified atom stereocenters. The van der Waals surface area contributed by atoms with Gasteiger partial charge in [0.25, 0.3) is 0 Å². The Labute approximate surface area is 154 Å². The van der Waals surface area contributed by atoms with E-state index in [1.807, 2.05) is 50.5 Å². The lowest BCUT2D eigenvalue weighted by molar-refractivity contribution is -0.127. The number of benzene rings is 1. The van der Waals surface area contributed by atoms with Gasteiger partial charge in [0.15, 0.2) is 0 Å². The van der Waals surface area contributed by atoms with Crippen molar-refractivity contribution in [3.05, 3.63) is 51.7 Å². The Hall–Kier alpha value is -2.19. The summed E-state index contributed by atoms with van der Waals surface area (Å²) in [5, 5.41) is 14.5. The molecule has 25 heavy (non-hydrogen) atoms. The smallest absolute Gasteiger partial charge is 0.233 e. The lowest BCUT2D eigenvalue weighted by Crippen LogP contribution is -2.27. The fraction of sp³-hybridized carbons (Fsp3) is 0.294. The van der Waals surface area contributed by atoms with Crippen molar-refractivity contribution < 1.29 is 4.79 Å². The van der Waals surface area contributed by atoms with Gasteiger partial charge in [-0.3, -0.25) is 4.79 Å². The van der Waals surface area contributed by atoms with Crippen molar-refractivity contribution in [2.24, 2.45) is 0 Å². The van der Waals surface area contributed by atoms with E-state index >= 15 is 0 Å². The Balaban J connectivity index is 1.66. The van der Waals surface area contributed by atoms with Crippen molar-refractivity contribution >= 4 is 29.0 Å². The van der Waals surface area contributed by atoms with Crippen LogP contribution in [-0.4, -0.2) is 43.8 Å². The monoisotopic (exact) mass is 373 g/mol. The SMILES string of the molecule is Cc1ccc(-n2nnnc2SCC(=O)N(C)Cc2cccs2)c(C)c1. The quantitative estimate of drug-likeness (QED) is 0.621. The molecule has 3 aromatic rings. The minimum atomic E-state index is 0.0496. The highest BCUT2D eigenvalue weighted by Gasteiger charge is 2.15. The van der Waals surface area contributed by atoms with Gasteiger partial charge in [0.05, 0.1) is 18.0 Å². The fourth-order valence-electron chi connectivity index (χ4n) is 2.42. The minimum Gasteiger partial charge on any atom is -0.340 e. The first-order valence-electron chi connectivity index (χ1n) is 7.80. The van der Waals surface area contributed by atoms with Gasteiger partial charge in [0, 0.05) is 11.9 Å². The molecule has 0 atom stereocenters. The largest absolute Gasteiger partial charge is 0.340 e. The Morgan fingerprint density at radius 3 is 2.88 bits per heavy atom. The Kier molecular flexibility index (Phi) is 5.50. The molecule has 2 heterocycles. The molecular formula is C17H19N5OS2. The predicted molar refractivity (Wildman–Crippen MR) is 100 cm³/mol. The van der Waals surface area contributed by atoms with E-state index in [0.29, 0.717) is 17.5 Å². The van der Waals surface area contributed by atoms with Gasteiger partial charge < -0.3 is 4.90 Å². The number of amides is 1. The van der Waals surface area contributed by atoms with Crippen molar-refractivity contribution in [1.82, 2.24) is 25.1 Å². The molecule has 6 nitrogen and oxygen atoms in total. The van der Waals surface area contributed by atoms with E-state index in [9.17, 15) is 4.79 Å². The second kappa shape index (κ2) is 7.79. The first kappa shape index (κ1) is 17.6. The molecule has 0 aliphatic carbocycles. The third kappa shape index (κ3) is 4.26. The second-order valence-corrected chi connectivity index (χ2v) is 7.76. The van der Waals surface area contributed by atoms with Crippen LogP contribution in [0.5, 0.6) is 0 Å². The van der Waals surface area contributed by atoms with Gasteiger partial charge in [0.1, 0.15) is 0 Å². The number of carbonyl (C=O) groups excluding carboxylic acids is 1. The molecule has 1 amide bonds. The van der Waals surface area contributed by atoms with E-state index in [1.165, 1.54) is 22.2 Å². The van der Waals surface area contributed by atoms with Crippen molar-refractivity contribution in [2.75, 3.05) is 12.8 Å². The van der Waals surface area contributed by atoms with Crippen molar-refractivity contribution in [1.29, 1.82) is 0 Å². The number of carbonyl (C=O) groups is 1. The maximum absolute atomic E-state index is 12.4. The molecule has 8 heteroatoms. The summed E-state index contributed by atoms with van der Waals surface area (Å²) in [5.74, 6) is 0.348. The van der Waals surface area contributed by atoms with Crippen LogP contribution in [0.1, 0.15) is 16.0 Å². The molecule has 0 spiro atoms. The molecule has 0 bridgehead atoms. The van der Waals surface area contributed by atoms with Gasteiger partial charge >= 0.3 is 0 Å². The number of thiophene rings is 1. The summed E-state index contributed by atoms with van der Waals surface area (Å²) in [6.07, 6.45) is 0. The summed E-state index contributed by atoms with van der Waals surface area (Å²) in [5.41, 5.74) is 3.21. The van der Waals surface area contributed by atoms with Crippen LogP contribution >= 0.6 is 23.1 Å². The van der Waals surface area contributed by atoms with Crippen LogP contribution in [0.3, 0.4) is 0 Å². The zero-order valence-corrected chi connectivity index (χ0v) is 16.0. The lowest BCUT2D eigenvalue weighted by atomic mass is 10.1. The van der Waals surface area contributed by atoms with Gasteiger partial charge in [-0.15, -0.1) is 16.4 Å². The van der Waals surface area contributed by atoms with E-state index < -0.39 is 0 Å². The molecule has 0 fully saturated rings. The number of rotatable bonds is 6. The van der Waals surface area contributed by atoms with Crippen molar-refractivity contribution in [3.8, 4) is 5.69 Å². The molecule has 0 N–H and O–H groups in total. The second-order valence-electron chi connectivity index (χ2n) is 5.78. The van der Waals surface area contributed by atoms with Crippen LogP contribution in [0.25, 0.3) is 5.69 Å². The van der Waals surface area contributed by atoms with Crippen LogP contribution in [0.4, 0.5) is 0 Å². The number of thioether (sulfide) groups is 1. The first-order chi connectivity index (χ1) is 12.0. The highest BCUT2D eigenvalue weighted by atomic mass is 32.2. The highest BCUT2D eigenvalue weighted by Crippen LogP contribution is 2.22. The summed E-state index contributed by atoms with van der Waals surface area (Å²) in [6, 6.07) is 10.1. The van der Waals surface area contributed by atoms with Crippen LogP contribution in [0.2, 0.25) is 0 Å². The predicted octanol–water partition coefficient (Wildman–Crippen LogP) is 3.09. The lowest BCUT2D eigenvalue weighted by Gasteiger charge is -2.15. The molecular weight excluding hydrogens is 354 g/mol. The van der Waals surface area contributed by atoms with Gasteiger partial charge in [-0.2, -0.15) is 4.68 Å². The summed E-state index contributed by atoms with van der Waals surface area (Å²) in [4.78, 5) is 15.2. The fourth-order valence-corrected chi connectivity index (χ4v) is 4.01. The number of tetrazole rings is 1. The molecule has 0 saturated carbocycles. The zero-order valence-electron chi connectivity index (χ0n) is 14.3. The number of aromatic nitrogens is 4. The molecule has 130 valence electrons. The van der Waals surface area contributed by atoms with Crippen LogP contribution < -0.4 is 0 Å². The average Bonchev–Trinajstić information content (AvgIpc) is 3.24. The van der Waals surface area contributed by atoms with Crippen LogP contribution in [0.15, 0.2) is 40.9 Å². The van der Waals surface area contributed by atoms with E-state index in [0.717, 1.165) is 11.3 Å². The maximum atomic E-state index is 12.4. The minimum absolute atomic E-state index is 0.0496. The molecule has 0 aliphatic heterocycles. The van der Waals surface area contributed by atoms with Gasteiger partial charge in [0.2, 0.25) is 11.1 Å². The summed E-state index contributed by atoms with van der Waals surface area (Å²) in [7, 11) is 1.82. The van der Waals surface area contributed by atoms with Gasteiger partial charge in [-0.05, 0) is 47.4 Å². The molecule has 2 aromatic heterocycles. The highest BCUT2D eigenvalue weighted by molar-refractivity contribution is 7.99. The van der Waals surface area contributed by atoms with Crippen LogP contribution in [0, 0.1) is 13.8 Å². The molecule has 0 saturated heterocycles. The molecule has 3 rings (SSSR count). The summed E-state index contributed by atoms with van der Waals surface area (Å²) < 4.78 is 1.69. The van der Waals surface area contributed by atoms with E-state index in [2.05, 4.69) is 21.6 Å². The molecule has 1 aromatic carbocycles. The molecule has 0 aliphatic rings. The number of hydrogen-bond acceptors (Lipinski definition) is 6. The molecule has 0 radical (unpaired) electrons. The van der Waals surface area contributed by atoms with Gasteiger partial charge in [-0.25, -0.2) is 0 Å². The third-order valence-electron chi connectivity index (χ3n) is 3.74. The number of nitrogens with zero attached hydrogens (tertiary/aromatic N) is 5. The van der Waals surface area contributed by atoms with Crippen molar-refractivity contribution in [3.63, 3.8) is 0 Å². The van der Waals surface area contributed by atoms with Crippen LogP contribution in [-0.2, 0) is 11.3 Å². The number of hydrogen-bond donors (Lipinski definition) is 0. The summed E-state index contributed by atoms with van der Waals surface area (Å²) in [6.45, 7) is 4.70. The van der Waals surface area contributed by atoms with E-state index in [1.54, 1.807) is 20.9 Å². The zero-order chi connectivity index (χ0) is 17.8. The summed E-state index contributed by atoms with van der Waals surface area (Å²) >= 11 is 3.00. The number of aryl methyl sites for hydroxylation is 2. The van der Waals surface area contributed by atoms with E-state index in [-0.39, 0.29) is 5.91 Å². The Morgan fingerprint density at radius 1 is 1.32 bits per heavy atom. The standard InChI is InChI=1S/C17H19N5OS2/c1-12-6-7-15(13(2)9-12)22-17(18-19-20-22)25-11-16(23)21(3)10-14-5-4-8-24-14/h4-9H,10-11H2,1-3H3. The Bertz CT molecular complexity index is 860. The maximum Gasteiger partial charge on any atom is 0.233 e. The van der Waals surface area contributed by atoms with E-state index in [4.69, 9.17) is 0 Å². The topological polar surface area (TPSA) is 63.9 Å².